The van der Waals surface area contributed by atoms with Gasteiger partial charge in [0.15, 0.2) is 0 Å². The molecule has 3 rings (SSSR count). The van der Waals surface area contributed by atoms with E-state index < -0.39 is 0 Å². The minimum absolute atomic E-state index is 0.106. The minimum Gasteiger partial charge on any atom is -0.337 e. The number of nitrogens with zero attached hydrogens (tertiary/aromatic N) is 1. The minimum atomic E-state index is 0.106. The zero-order valence-electron chi connectivity index (χ0n) is 10.5. The van der Waals surface area contributed by atoms with Crippen LogP contribution in [0.25, 0.3) is 0 Å². The molecule has 102 valence electrons. The fourth-order valence-electron chi connectivity index (χ4n) is 3.02. The molecule has 1 N–H and O–H groups in total. The van der Waals surface area contributed by atoms with Crippen molar-refractivity contribution in [2.24, 2.45) is 5.92 Å². The number of carbonyl (C=O) groups is 1. The van der Waals surface area contributed by atoms with E-state index in [1.807, 2.05) is 17.0 Å². The number of piperidine rings is 1. The normalized spacial score (nSPS) is 26.3. The highest BCUT2D eigenvalue weighted by Crippen LogP contribution is 2.27. The number of benzene rings is 1. The number of hydrogen-bond donors (Lipinski definition) is 1. The lowest BCUT2D eigenvalue weighted by Gasteiger charge is -2.24. The molecule has 0 aromatic heterocycles. The standard InChI is InChI=1S/C14H16ClIN2O/c15-11-6-9(3-4-12(11)16)14(19)18-7-10-2-1-5-17-13(10)8-18/h3-4,6,10,13,17H,1-2,5,7-8H2. The van der Waals surface area contributed by atoms with Crippen molar-refractivity contribution in [3.05, 3.63) is 32.4 Å². The molecule has 0 radical (unpaired) electrons. The van der Waals surface area contributed by atoms with Crippen LogP contribution in [0.5, 0.6) is 0 Å². The fourth-order valence-corrected chi connectivity index (χ4v) is 3.54. The van der Waals surface area contributed by atoms with Gasteiger partial charge >= 0.3 is 0 Å². The SMILES string of the molecule is O=C(c1ccc(I)c(Cl)c1)N1CC2CCCNC2C1. The molecule has 1 aromatic rings. The summed E-state index contributed by atoms with van der Waals surface area (Å²) in [6.07, 6.45) is 2.45. The van der Waals surface area contributed by atoms with E-state index in [1.165, 1.54) is 12.8 Å². The van der Waals surface area contributed by atoms with Crippen LogP contribution in [-0.4, -0.2) is 36.5 Å². The van der Waals surface area contributed by atoms with Crippen LogP contribution in [0, 0.1) is 9.49 Å². The number of amides is 1. The third-order valence-electron chi connectivity index (χ3n) is 4.05. The maximum atomic E-state index is 12.5. The zero-order valence-corrected chi connectivity index (χ0v) is 13.4. The molecule has 1 amide bonds. The summed E-state index contributed by atoms with van der Waals surface area (Å²) in [7, 11) is 0. The Bertz CT molecular complexity index is 494. The van der Waals surface area contributed by atoms with E-state index in [2.05, 4.69) is 27.9 Å². The number of likely N-dealkylation sites (tertiary alicyclic amines) is 1. The van der Waals surface area contributed by atoms with Gasteiger partial charge in [-0.15, -0.1) is 0 Å². The highest BCUT2D eigenvalue weighted by molar-refractivity contribution is 14.1. The van der Waals surface area contributed by atoms with Gasteiger partial charge < -0.3 is 10.2 Å². The van der Waals surface area contributed by atoms with Crippen molar-refractivity contribution in [3.63, 3.8) is 0 Å². The van der Waals surface area contributed by atoms with Gasteiger partial charge in [-0.25, -0.2) is 0 Å². The molecule has 1 aromatic carbocycles. The number of halogens is 2. The number of fused-ring (bicyclic) bond motifs is 1. The van der Waals surface area contributed by atoms with Crippen LogP contribution >= 0.6 is 34.2 Å². The fraction of sp³-hybridized carbons (Fsp3) is 0.500. The molecule has 3 nitrogen and oxygen atoms in total. The first-order valence-corrected chi connectivity index (χ1v) is 8.08. The van der Waals surface area contributed by atoms with Crippen molar-refractivity contribution in [3.8, 4) is 0 Å². The molecule has 2 fully saturated rings. The molecule has 2 atom stereocenters. The van der Waals surface area contributed by atoms with Crippen molar-refractivity contribution in [2.75, 3.05) is 19.6 Å². The van der Waals surface area contributed by atoms with Gasteiger partial charge in [0.05, 0.1) is 5.02 Å². The second-order valence-corrected chi connectivity index (χ2v) is 6.87. The lowest BCUT2D eigenvalue weighted by atomic mass is 9.94. The summed E-state index contributed by atoms with van der Waals surface area (Å²) in [4.78, 5) is 14.5. The van der Waals surface area contributed by atoms with Crippen LogP contribution in [0.2, 0.25) is 5.02 Å². The molecule has 0 bridgehead atoms. The second kappa shape index (κ2) is 5.58. The van der Waals surface area contributed by atoms with Crippen LogP contribution in [0.1, 0.15) is 23.2 Å². The van der Waals surface area contributed by atoms with E-state index >= 15 is 0 Å². The quantitative estimate of drug-likeness (QED) is 0.748. The van der Waals surface area contributed by atoms with Crippen LogP contribution in [0.3, 0.4) is 0 Å². The topological polar surface area (TPSA) is 32.3 Å². The monoisotopic (exact) mass is 390 g/mol. The van der Waals surface area contributed by atoms with Gasteiger partial charge in [0.2, 0.25) is 0 Å². The molecule has 2 aliphatic heterocycles. The maximum Gasteiger partial charge on any atom is 0.253 e. The molecule has 0 spiro atoms. The largest absolute Gasteiger partial charge is 0.337 e. The first-order chi connectivity index (χ1) is 9.15. The summed E-state index contributed by atoms with van der Waals surface area (Å²) >= 11 is 8.27. The van der Waals surface area contributed by atoms with Crippen molar-refractivity contribution in [1.82, 2.24) is 10.2 Å². The third kappa shape index (κ3) is 2.76. The molecule has 19 heavy (non-hydrogen) atoms. The highest BCUT2D eigenvalue weighted by atomic mass is 127. The van der Waals surface area contributed by atoms with Crippen molar-refractivity contribution in [1.29, 1.82) is 0 Å². The number of carbonyl (C=O) groups excluding carboxylic acids is 1. The maximum absolute atomic E-state index is 12.5. The molecule has 2 saturated heterocycles. The van der Waals surface area contributed by atoms with Gasteiger partial charge in [0.25, 0.3) is 5.91 Å². The van der Waals surface area contributed by atoms with E-state index in [-0.39, 0.29) is 5.91 Å². The Morgan fingerprint density at radius 2 is 2.26 bits per heavy atom. The zero-order chi connectivity index (χ0) is 13.4. The van der Waals surface area contributed by atoms with Crippen LogP contribution in [-0.2, 0) is 0 Å². The van der Waals surface area contributed by atoms with Gasteiger partial charge in [-0.05, 0) is 66.1 Å². The van der Waals surface area contributed by atoms with Gasteiger partial charge in [-0.2, -0.15) is 0 Å². The average Bonchev–Trinajstić information content (AvgIpc) is 2.85. The molecular weight excluding hydrogens is 375 g/mol. The number of rotatable bonds is 1. The Kier molecular flexibility index (Phi) is 4.01. The van der Waals surface area contributed by atoms with Gasteiger partial charge in [0, 0.05) is 28.3 Å². The molecule has 0 saturated carbocycles. The van der Waals surface area contributed by atoms with Crippen molar-refractivity contribution in [2.45, 2.75) is 18.9 Å². The van der Waals surface area contributed by atoms with E-state index in [0.717, 1.165) is 23.2 Å². The second-order valence-electron chi connectivity index (χ2n) is 5.30. The lowest BCUT2D eigenvalue weighted by Crippen LogP contribution is -2.41. The Balaban J connectivity index is 1.75. The van der Waals surface area contributed by atoms with Gasteiger partial charge in [-0.1, -0.05) is 11.6 Å². The number of hydrogen-bond acceptors (Lipinski definition) is 2. The van der Waals surface area contributed by atoms with E-state index in [4.69, 9.17) is 11.6 Å². The lowest BCUT2D eigenvalue weighted by molar-refractivity contribution is 0.0785. The molecule has 5 heteroatoms. The van der Waals surface area contributed by atoms with Gasteiger partial charge in [0.1, 0.15) is 0 Å². The Hall–Kier alpha value is -0.330. The average molecular weight is 391 g/mol. The molecule has 2 unspecified atom stereocenters. The third-order valence-corrected chi connectivity index (χ3v) is 5.63. The highest BCUT2D eigenvalue weighted by Gasteiger charge is 2.36. The smallest absolute Gasteiger partial charge is 0.253 e. The van der Waals surface area contributed by atoms with E-state index in [0.29, 0.717) is 22.5 Å². The molecule has 0 aliphatic carbocycles. The molecule has 2 aliphatic rings. The van der Waals surface area contributed by atoms with Crippen LogP contribution in [0.4, 0.5) is 0 Å². The van der Waals surface area contributed by atoms with E-state index in [9.17, 15) is 4.79 Å². The number of nitrogens with one attached hydrogen (secondary N) is 1. The Morgan fingerprint density at radius 3 is 3.00 bits per heavy atom. The van der Waals surface area contributed by atoms with Crippen molar-refractivity contribution < 1.29 is 4.79 Å². The summed E-state index contributed by atoms with van der Waals surface area (Å²) in [6, 6.07) is 6.03. The van der Waals surface area contributed by atoms with Crippen molar-refractivity contribution >= 4 is 40.1 Å². The van der Waals surface area contributed by atoms with E-state index in [1.54, 1.807) is 6.07 Å². The summed E-state index contributed by atoms with van der Waals surface area (Å²) < 4.78 is 0.979. The Morgan fingerprint density at radius 1 is 1.42 bits per heavy atom. The molecule has 2 heterocycles. The summed E-state index contributed by atoms with van der Waals surface area (Å²) in [6.45, 7) is 2.78. The summed E-state index contributed by atoms with van der Waals surface area (Å²) in [5, 5.41) is 4.17. The van der Waals surface area contributed by atoms with Gasteiger partial charge in [-0.3, -0.25) is 4.79 Å². The van der Waals surface area contributed by atoms with Crippen LogP contribution in [0.15, 0.2) is 18.2 Å². The first-order valence-electron chi connectivity index (χ1n) is 6.63. The summed E-state index contributed by atoms with van der Waals surface area (Å²) in [5.74, 6) is 0.728. The predicted molar refractivity (Wildman–Crippen MR) is 84.6 cm³/mol. The molecular formula is C14H16ClIN2O. The predicted octanol–water partition coefficient (Wildman–Crippen LogP) is 2.77. The first kappa shape index (κ1) is 13.6. The van der Waals surface area contributed by atoms with Crippen LogP contribution < -0.4 is 5.32 Å². The summed E-state index contributed by atoms with van der Waals surface area (Å²) in [5.41, 5.74) is 0.698. The Labute approximate surface area is 131 Å².